The van der Waals surface area contributed by atoms with Crippen LogP contribution < -0.4 is 5.32 Å². The highest BCUT2D eigenvalue weighted by Gasteiger charge is 2.16. The molecular weight excluding hydrogens is 262 g/mol. The monoisotopic (exact) mass is 285 g/mol. The molecule has 112 valence electrons. The number of hydrogen-bond donors (Lipinski definition) is 1. The summed E-state index contributed by atoms with van der Waals surface area (Å²) in [5, 5.41) is 7.48. The van der Waals surface area contributed by atoms with Gasteiger partial charge < -0.3 is 5.32 Å². The molecular formula is C17H23N3O. The first-order valence-electron chi connectivity index (χ1n) is 7.34. The van der Waals surface area contributed by atoms with Gasteiger partial charge in [0.15, 0.2) is 0 Å². The number of carbonyl (C=O) groups excluding carboxylic acids is 1. The average molecular weight is 285 g/mol. The number of aryl methyl sites for hydroxylation is 4. The van der Waals surface area contributed by atoms with Gasteiger partial charge in [0.05, 0.1) is 11.7 Å². The molecule has 1 heterocycles. The lowest BCUT2D eigenvalue weighted by molar-refractivity contribution is 0.0939. The normalized spacial score (nSPS) is 12.2. The van der Waals surface area contributed by atoms with Crippen molar-refractivity contribution in [2.45, 2.75) is 47.2 Å². The Labute approximate surface area is 126 Å². The van der Waals surface area contributed by atoms with E-state index in [-0.39, 0.29) is 11.9 Å². The standard InChI is InChI=1S/C17H23N3O/c1-6-20-10-16(14(5)19-20)13(4)18-17(21)15-8-7-11(2)9-12(15)3/h7-10,13H,6H2,1-5H3,(H,18,21). The third kappa shape index (κ3) is 3.32. The van der Waals surface area contributed by atoms with Crippen LogP contribution in [0.4, 0.5) is 0 Å². The Balaban J connectivity index is 2.16. The molecule has 0 spiro atoms. The van der Waals surface area contributed by atoms with Crippen LogP contribution >= 0.6 is 0 Å². The van der Waals surface area contributed by atoms with Gasteiger partial charge in [-0.25, -0.2) is 0 Å². The largest absolute Gasteiger partial charge is 0.345 e. The van der Waals surface area contributed by atoms with E-state index in [2.05, 4.69) is 17.3 Å². The van der Waals surface area contributed by atoms with E-state index in [1.165, 1.54) is 0 Å². The van der Waals surface area contributed by atoms with Crippen molar-refractivity contribution in [3.8, 4) is 0 Å². The predicted molar refractivity (Wildman–Crippen MR) is 84.4 cm³/mol. The molecule has 4 nitrogen and oxygen atoms in total. The van der Waals surface area contributed by atoms with Crippen molar-refractivity contribution in [1.82, 2.24) is 15.1 Å². The minimum Gasteiger partial charge on any atom is -0.345 e. The summed E-state index contributed by atoms with van der Waals surface area (Å²) in [5.41, 5.74) is 4.92. The highest BCUT2D eigenvalue weighted by atomic mass is 16.1. The van der Waals surface area contributed by atoms with Crippen LogP contribution in [0.25, 0.3) is 0 Å². The zero-order valence-electron chi connectivity index (χ0n) is 13.4. The van der Waals surface area contributed by atoms with E-state index in [4.69, 9.17) is 0 Å². The maximum absolute atomic E-state index is 12.4. The van der Waals surface area contributed by atoms with Gasteiger partial charge in [-0.3, -0.25) is 9.48 Å². The second kappa shape index (κ2) is 6.12. The predicted octanol–water partition coefficient (Wildman–Crippen LogP) is 3.32. The molecule has 2 aromatic rings. The quantitative estimate of drug-likeness (QED) is 0.936. The van der Waals surface area contributed by atoms with Gasteiger partial charge in [-0.2, -0.15) is 5.10 Å². The number of aromatic nitrogens is 2. The van der Waals surface area contributed by atoms with Crippen LogP contribution in [0.5, 0.6) is 0 Å². The maximum Gasteiger partial charge on any atom is 0.252 e. The Morgan fingerprint density at radius 3 is 2.62 bits per heavy atom. The summed E-state index contributed by atoms with van der Waals surface area (Å²) >= 11 is 0. The fraction of sp³-hybridized carbons (Fsp3) is 0.412. The molecule has 1 aromatic heterocycles. The molecule has 0 fully saturated rings. The van der Waals surface area contributed by atoms with Crippen LogP contribution in [-0.2, 0) is 6.54 Å². The third-order valence-corrected chi connectivity index (χ3v) is 3.75. The van der Waals surface area contributed by atoms with Gasteiger partial charge in [-0.15, -0.1) is 0 Å². The smallest absolute Gasteiger partial charge is 0.252 e. The Bertz CT molecular complexity index is 658. The maximum atomic E-state index is 12.4. The number of benzene rings is 1. The first kappa shape index (κ1) is 15.3. The average Bonchev–Trinajstić information content (AvgIpc) is 2.79. The molecule has 0 bridgehead atoms. The van der Waals surface area contributed by atoms with Gasteiger partial charge in [-0.1, -0.05) is 17.7 Å². The van der Waals surface area contributed by atoms with Gasteiger partial charge in [0, 0.05) is 23.9 Å². The van der Waals surface area contributed by atoms with E-state index in [9.17, 15) is 4.79 Å². The fourth-order valence-electron chi connectivity index (χ4n) is 2.54. The Morgan fingerprint density at radius 2 is 2.05 bits per heavy atom. The van der Waals surface area contributed by atoms with Gasteiger partial charge in [-0.05, 0) is 46.2 Å². The molecule has 1 N–H and O–H groups in total. The van der Waals surface area contributed by atoms with Crippen molar-refractivity contribution in [3.63, 3.8) is 0 Å². The summed E-state index contributed by atoms with van der Waals surface area (Å²) in [5.74, 6) is -0.0383. The molecule has 4 heteroatoms. The molecule has 0 aliphatic rings. The van der Waals surface area contributed by atoms with E-state index in [1.54, 1.807) is 0 Å². The first-order chi connectivity index (χ1) is 9.92. The lowest BCUT2D eigenvalue weighted by Gasteiger charge is -2.14. The number of hydrogen-bond acceptors (Lipinski definition) is 2. The molecule has 0 saturated heterocycles. The van der Waals surface area contributed by atoms with Gasteiger partial charge in [0.25, 0.3) is 5.91 Å². The Hall–Kier alpha value is -2.10. The highest BCUT2D eigenvalue weighted by molar-refractivity contribution is 5.95. The van der Waals surface area contributed by atoms with E-state index in [1.807, 2.05) is 56.8 Å². The van der Waals surface area contributed by atoms with Crippen molar-refractivity contribution < 1.29 is 4.79 Å². The van der Waals surface area contributed by atoms with Crippen LogP contribution in [0.3, 0.4) is 0 Å². The summed E-state index contributed by atoms with van der Waals surface area (Å²) in [6.07, 6.45) is 2.00. The highest BCUT2D eigenvalue weighted by Crippen LogP contribution is 2.18. The van der Waals surface area contributed by atoms with E-state index in [0.29, 0.717) is 0 Å². The molecule has 1 aromatic carbocycles. The van der Waals surface area contributed by atoms with E-state index in [0.717, 1.165) is 34.5 Å². The second-order valence-electron chi connectivity index (χ2n) is 5.54. The Morgan fingerprint density at radius 1 is 1.33 bits per heavy atom. The molecule has 1 unspecified atom stereocenters. The van der Waals surface area contributed by atoms with Crippen LogP contribution in [-0.4, -0.2) is 15.7 Å². The van der Waals surface area contributed by atoms with E-state index >= 15 is 0 Å². The summed E-state index contributed by atoms with van der Waals surface area (Å²) in [6.45, 7) is 10.8. The van der Waals surface area contributed by atoms with Crippen LogP contribution in [0.15, 0.2) is 24.4 Å². The molecule has 1 atom stereocenters. The molecule has 0 saturated carbocycles. The number of carbonyl (C=O) groups is 1. The van der Waals surface area contributed by atoms with Gasteiger partial charge in [0.2, 0.25) is 0 Å². The van der Waals surface area contributed by atoms with Gasteiger partial charge in [0.1, 0.15) is 0 Å². The topological polar surface area (TPSA) is 46.9 Å². The minimum atomic E-state index is -0.0569. The third-order valence-electron chi connectivity index (χ3n) is 3.75. The van der Waals surface area contributed by atoms with E-state index < -0.39 is 0 Å². The number of amides is 1. The van der Waals surface area contributed by atoms with Crippen LogP contribution in [0.2, 0.25) is 0 Å². The molecule has 2 rings (SSSR count). The number of nitrogens with one attached hydrogen (secondary N) is 1. The second-order valence-corrected chi connectivity index (χ2v) is 5.54. The zero-order valence-corrected chi connectivity index (χ0v) is 13.4. The minimum absolute atomic E-state index is 0.0383. The SMILES string of the molecule is CCn1cc(C(C)NC(=O)c2ccc(C)cc2C)c(C)n1. The molecule has 0 aliphatic carbocycles. The summed E-state index contributed by atoms with van der Waals surface area (Å²) < 4.78 is 1.89. The van der Waals surface area contributed by atoms with Crippen LogP contribution in [0.1, 0.15) is 52.6 Å². The number of rotatable bonds is 4. The molecule has 0 radical (unpaired) electrons. The van der Waals surface area contributed by atoms with Crippen molar-refractivity contribution >= 4 is 5.91 Å². The summed E-state index contributed by atoms with van der Waals surface area (Å²) in [4.78, 5) is 12.4. The first-order valence-corrected chi connectivity index (χ1v) is 7.34. The van der Waals surface area contributed by atoms with Crippen molar-refractivity contribution in [2.24, 2.45) is 0 Å². The Kier molecular flexibility index (Phi) is 4.46. The van der Waals surface area contributed by atoms with Crippen molar-refractivity contribution in [1.29, 1.82) is 0 Å². The van der Waals surface area contributed by atoms with Crippen LogP contribution in [0, 0.1) is 20.8 Å². The lowest BCUT2D eigenvalue weighted by atomic mass is 10.0. The van der Waals surface area contributed by atoms with Crippen molar-refractivity contribution in [3.05, 3.63) is 52.3 Å². The molecule has 21 heavy (non-hydrogen) atoms. The zero-order chi connectivity index (χ0) is 15.6. The number of nitrogens with zero attached hydrogens (tertiary/aromatic N) is 2. The molecule has 1 amide bonds. The summed E-state index contributed by atoms with van der Waals surface area (Å²) in [7, 11) is 0. The lowest BCUT2D eigenvalue weighted by Crippen LogP contribution is -2.27. The fourth-order valence-corrected chi connectivity index (χ4v) is 2.54. The van der Waals surface area contributed by atoms with Gasteiger partial charge >= 0.3 is 0 Å². The summed E-state index contributed by atoms with van der Waals surface area (Å²) in [6, 6.07) is 5.82. The van der Waals surface area contributed by atoms with Crippen molar-refractivity contribution in [2.75, 3.05) is 0 Å². The molecule has 0 aliphatic heterocycles.